The van der Waals surface area contributed by atoms with E-state index >= 15 is 0 Å². The van der Waals surface area contributed by atoms with Crippen LogP contribution in [0.3, 0.4) is 0 Å². The van der Waals surface area contributed by atoms with Gasteiger partial charge in [-0.05, 0) is 88.6 Å². The Bertz CT molecular complexity index is 1860. The van der Waals surface area contributed by atoms with Crippen LogP contribution in [0.25, 0.3) is 27.7 Å². The number of carbonyl (C=O) groups is 3. The fourth-order valence-corrected chi connectivity index (χ4v) is 6.77. The molecule has 1 aliphatic heterocycles. The predicted molar refractivity (Wildman–Crippen MR) is 162 cm³/mol. The van der Waals surface area contributed by atoms with Crippen LogP contribution in [0.5, 0.6) is 0 Å². The van der Waals surface area contributed by atoms with E-state index < -0.39 is 12.1 Å². The second kappa shape index (κ2) is 10.1. The van der Waals surface area contributed by atoms with Gasteiger partial charge in [0.05, 0.1) is 17.3 Å². The summed E-state index contributed by atoms with van der Waals surface area (Å²) in [6, 6.07) is 4.42. The summed E-state index contributed by atoms with van der Waals surface area (Å²) in [5.41, 5.74) is 5.99. The highest BCUT2D eigenvalue weighted by molar-refractivity contribution is 6.09. The topological polar surface area (TPSA) is 102 Å². The van der Waals surface area contributed by atoms with E-state index in [1.54, 1.807) is 42.6 Å². The number of piperidine rings is 1. The minimum Gasteiger partial charge on any atom is -0.345 e. The SMILES string of the molecule is CC(=O)c1cn(CC(=O)N2[C@H](C(=O)N[C@H](C)C(F)=C(C)C)C[C@@]3(C)C[C@@H]23)c2c(C)cc(-c3cnc4cc(C)nn4c3)cc12. The van der Waals surface area contributed by atoms with Crippen LogP contribution in [-0.4, -0.2) is 59.8 Å². The van der Waals surface area contributed by atoms with Gasteiger partial charge in [0.1, 0.15) is 18.4 Å². The average Bonchev–Trinajstić information content (AvgIpc) is 3.21. The maximum absolute atomic E-state index is 14.5. The molecule has 0 spiro atoms. The molecule has 2 aliphatic rings. The zero-order chi connectivity index (χ0) is 31.0. The number of nitrogens with one attached hydrogen (secondary N) is 1. The Morgan fingerprint density at radius 3 is 2.53 bits per heavy atom. The maximum atomic E-state index is 14.5. The van der Waals surface area contributed by atoms with Gasteiger partial charge in [0.2, 0.25) is 11.8 Å². The smallest absolute Gasteiger partial charge is 0.243 e. The van der Waals surface area contributed by atoms with E-state index in [9.17, 15) is 18.8 Å². The molecule has 9 nitrogen and oxygen atoms in total. The van der Waals surface area contributed by atoms with Crippen molar-refractivity contribution in [3.63, 3.8) is 0 Å². The summed E-state index contributed by atoms with van der Waals surface area (Å²) >= 11 is 0. The predicted octanol–water partition coefficient (Wildman–Crippen LogP) is 5.32. The van der Waals surface area contributed by atoms with Crippen molar-refractivity contribution in [1.82, 2.24) is 29.4 Å². The number of aryl methyl sites for hydroxylation is 2. The Kier molecular flexibility index (Phi) is 6.78. The molecular formula is C33H37FN6O3. The first-order chi connectivity index (χ1) is 20.3. The number of benzene rings is 1. The minimum atomic E-state index is -0.768. The first kappa shape index (κ1) is 28.8. The number of halogens is 1. The summed E-state index contributed by atoms with van der Waals surface area (Å²) in [6.07, 6.45) is 6.83. The normalized spacial score (nSPS) is 21.6. The molecule has 2 fully saturated rings. The van der Waals surface area contributed by atoms with Gasteiger partial charge in [-0.1, -0.05) is 6.92 Å². The number of Topliss-reactive ketones (excluding diaryl/α,β-unsaturated/α-hetero) is 1. The minimum absolute atomic E-state index is 0.0156. The largest absolute Gasteiger partial charge is 0.345 e. The number of carbonyl (C=O) groups excluding carboxylic acids is 3. The van der Waals surface area contributed by atoms with E-state index in [1.807, 2.05) is 42.8 Å². The Morgan fingerprint density at radius 2 is 1.84 bits per heavy atom. The summed E-state index contributed by atoms with van der Waals surface area (Å²) < 4.78 is 18.0. The maximum Gasteiger partial charge on any atom is 0.243 e. The van der Waals surface area contributed by atoms with Crippen molar-refractivity contribution < 1.29 is 18.8 Å². The van der Waals surface area contributed by atoms with Crippen LogP contribution in [0.2, 0.25) is 0 Å². The molecule has 2 amide bonds. The molecule has 1 saturated heterocycles. The van der Waals surface area contributed by atoms with Gasteiger partial charge >= 0.3 is 0 Å². The van der Waals surface area contributed by atoms with Crippen LogP contribution in [-0.2, 0) is 16.1 Å². The molecule has 1 N–H and O–H groups in total. The van der Waals surface area contributed by atoms with Crippen molar-refractivity contribution in [3.05, 3.63) is 65.0 Å². The fraction of sp³-hybridized carbons (Fsp3) is 0.424. The van der Waals surface area contributed by atoms with Crippen LogP contribution in [0.4, 0.5) is 4.39 Å². The van der Waals surface area contributed by atoms with Crippen LogP contribution in [0.1, 0.15) is 69.1 Å². The summed E-state index contributed by atoms with van der Waals surface area (Å²) in [6.45, 7) is 12.4. The van der Waals surface area contributed by atoms with Crippen molar-refractivity contribution in [2.24, 2.45) is 5.41 Å². The van der Waals surface area contributed by atoms with E-state index in [4.69, 9.17) is 0 Å². The molecule has 0 unspecified atom stereocenters. The number of aromatic nitrogens is 4. The van der Waals surface area contributed by atoms with Crippen LogP contribution >= 0.6 is 0 Å². The van der Waals surface area contributed by atoms with E-state index in [2.05, 4.69) is 22.3 Å². The second-order valence-electron chi connectivity index (χ2n) is 12.8. The van der Waals surface area contributed by atoms with Gasteiger partial charge in [-0.25, -0.2) is 13.9 Å². The molecule has 1 aliphatic carbocycles. The fourth-order valence-electron chi connectivity index (χ4n) is 6.77. The number of hydrogen-bond donors (Lipinski definition) is 1. The monoisotopic (exact) mass is 584 g/mol. The van der Waals surface area contributed by atoms with Crippen LogP contribution in [0, 0.1) is 19.3 Å². The molecule has 4 heterocycles. The molecular weight excluding hydrogens is 547 g/mol. The lowest BCUT2D eigenvalue weighted by Crippen LogP contribution is -2.50. The number of likely N-dealkylation sites (tertiary alicyclic amines) is 1. The standard InChI is InChI=1S/C33H37FN6O3/c1-17(2)30(34)20(5)36-32(43)26-11-33(7)12-27(33)40(26)29(42)16-38-15-25(21(6)41)24-10-22(8-18(3)31(24)38)23-13-35-28-9-19(4)37-39(28)14-23/h8-10,13-15,20,26-27H,11-12,16H2,1-7H3,(H,36,43)/t20-,26+,27-,33+/m1/s1. The molecule has 0 bridgehead atoms. The Labute approximate surface area is 249 Å². The highest BCUT2D eigenvalue weighted by Gasteiger charge is 2.64. The van der Waals surface area contributed by atoms with Crippen molar-refractivity contribution in [3.8, 4) is 11.1 Å². The van der Waals surface area contributed by atoms with Gasteiger partial charge in [-0.3, -0.25) is 14.4 Å². The molecule has 224 valence electrons. The molecule has 1 aromatic carbocycles. The molecule has 10 heteroatoms. The van der Waals surface area contributed by atoms with Crippen molar-refractivity contribution in [2.75, 3.05) is 0 Å². The van der Waals surface area contributed by atoms with E-state index in [0.717, 1.165) is 45.4 Å². The Hall–Kier alpha value is -4.34. The van der Waals surface area contributed by atoms with Gasteiger partial charge in [0.25, 0.3) is 0 Å². The van der Waals surface area contributed by atoms with Crippen molar-refractivity contribution in [1.29, 1.82) is 0 Å². The zero-order valence-corrected chi connectivity index (χ0v) is 25.7. The molecule has 3 aromatic heterocycles. The lowest BCUT2D eigenvalue weighted by molar-refractivity contribution is -0.140. The number of nitrogens with zero attached hydrogens (tertiary/aromatic N) is 5. The number of allylic oxidation sites excluding steroid dienone is 1. The van der Waals surface area contributed by atoms with Gasteiger partial charge in [0, 0.05) is 47.2 Å². The second-order valence-corrected chi connectivity index (χ2v) is 12.8. The molecule has 4 atom stereocenters. The molecule has 0 radical (unpaired) electrons. The lowest BCUT2D eigenvalue weighted by atomic mass is 10.0. The number of fused-ring (bicyclic) bond motifs is 3. The Balaban J connectivity index is 1.32. The zero-order valence-electron chi connectivity index (χ0n) is 25.7. The third-order valence-corrected chi connectivity index (χ3v) is 9.06. The van der Waals surface area contributed by atoms with Gasteiger partial charge in [-0.2, -0.15) is 5.10 Å². The molecule has 1 saturated carbocycles. The van der Waals surface area contributed by atoms with E-state index in [0.29, 0.717) is 17.6 Å². The van der Waals surface area contributed by atoms with Gasteiger partial charge < -0.3 is 14.8 Å². The van der Waals surface area contributed by atoms with E-state index in [1.165, 1.54) is 6.92 Å². The third kappa shape index (κ3) is 4.92. The van der Waals surface area contributed by atoms with Gasteiger partial charge in [0.15, 0.2) is 11.4 Å². The number of hydrogen-bond acceptors (Lipinski definition) is 5. The average molecular weight is 585 g/mol. The quantitative estimate of drug-likeness (QED) is 0.297. The molecule has 43 heavy (non-hydrogen) atoms. The molecule has 6 rings (SSSR count). The highest BCUT2D eigenvalue weighted by atomic mass is 19.1. The highest BCUT2D eigenvalue weighted by Crippen LogP contribution is 2.59. The first-order valence-electron chi connectivity index (χ1n) is 14.7. The summed E-state index contributed by atoms with van der Waals surface area (Å²) in [4.78, 5) is 46.2. The number of ketones is 1. The van der Waals surface area contributed by atoms with Crippen molar-refractivity contribution >= 4 is 34.1 Å². The van der Waals surface area contributed by atoms with Crippen molar-refractivity contribution in [2.45, 2.75) is 86.0 Å². The number of rotatable bonds is 7. The summed E-state index contributed by atoms with van der Waals surface area (Å²) in [5, 5.41) is 8.00. The summed E-state index contributed by atoms with van der Waals surface area (Å²) in [7, 11) is 0. The number of amides is 2. The van der Waals surface area contributed by atoms with Crippen LogP contribution < -0.4 is 5.32 Å². The lowest BCUT2D eigenvalue weighted by Gasteiger charge is -2.28. The third-order valence-electron chi connectivity index (χ3n) is 9.06. The molecule has 4 aromatic rings. The first-order valence-corrected chi connectivity index (χ1v) is 14.7. The van der Waals surface area contributed by atoms with E-state index in [-0.39, 0.29) is 41.4 Å². The summed E-state index contributed by atoms with van der Waals surface area (Å²) in [5.74, 6) is -1.01. The van der Waals surface area contributed by atoms with Crippen LogP contribution in [0.15, 0.2) is 48.2 Å². The Morgan fingerprint density at radius 1 is 1.09 bits per heavy atom. The van der Waals surface area contributed by atoms with Gasteiger partial charge in [-0.15, -0.1) is 0 Å².